The van der Waals surface area contributed by atoms with Gasteiger partial charge < -0.3 is 34.7 Å². The van der Waals surface area contributed by atoms with Gasteiger partial charge >= 0.3 is 0 Å². The van der Waals surface area contributed by atoms with Gasteiger partial charge in [-0.25, -0.2) is 0 Å². The van der Waals surface area contributed by atoms with E-state index in [1.807, 2.05) is 48.5 Å². The van der Waals surface area contributed by atoms with Crippen LogP contribution in [0.5, 0.6) is 28.7 Å². The minimum absolute atomic E-state index is 0.00861. The fourth-order valence-corrected chi connectivity index (χ4v) is 4.04. The number of hydrogen-bond acceptors (Lipinski definition) is 8. The van der Waals surface area contributed by atoms with Crippen LogP contribution in [0.1, 0.15) is 11.1 Å². The largest absolute Gasteiger partial charge is 0.508 e. The van der Waals surface area contributed by atoms with Crippen LogP contribution >= 0.6 is 0 Å². The Morgan fingerprint density at radius 1 is 0.658 bits per heavy atom. The number of rotatable bonds is 2. The molecule has 1 aliphatic rings. The van der Waals surface area contributed by atoms with Crippen molar-refractivity contribution in [2.75, 3.05) is 0 Å². The lowest BCUT2D eigenvalue weighted by atomic mass is 10.0. The zero-order valence-electron chi connectivity index (χ0n) is 19.8. The zero-order valence-corrected chi connectivity index (χ0v) is 19.8. The van der Waals surface area contributed by atoms with Crippen LogP contribution in [0.4, 0.5) is 0 Å². The van der Waals surface area contributed by atoms with E-state index in [-0.39, 0.29) is 52.1 Å². The third kappa shape index (κ3) is 4.83. The van der Waals surface area contributed by atoms with Gasteiger partial charge in [0.2, 0.25) is 0 Å². The molecule has 0 bridgehead atoms. The number of hydrogen-bond donors (Lipinski definition) is 5. The summed E-state index contributed by atoms with van der Waals surface area (Å²) in [5.74, 6) is -0.200. The number of phenolic OH excluding ortho intramolecular Hbond substituents is 4. The van der Waals surface area contributed by atoms with Crippen molar-refractivity contribution in [3.05, 3.63) is 118 Å². The van der Waals surface area contributed by atoms with Crippen LogP contribution in [-0.4, -0.2) is 25.5 Å². The van der Waals surface area contributed by atoms with Gasteiger partial charge in [-0.2, -0.15) is 0 Å². The summed E-state index contributed by atoms with van der Waals surface area (Å²) >= 11 is 0. The van der Waals surface area contributed by atoms with Crippen LogP contribution in [0.2, 0.25) is 0 Å². The first kappa shape index (κ1) is 24.3. The van der Waals surface area contributed by atoms with E-state index in [9.17, 15) is 30.3 Å². The number of benzene rings is 4. The molecule has 0 saturated carbocycles. The Labute approximate surface area is 216 Å². The van der Waals surface area contributed by atoms with Crippen molar-refractivity contribution in [3.63, 3.8) is 0 Å². The summed E-state index contributed by atoms with van der Waals surface area (Å²) in [4.78, 5) is 11.9. The van der Waals surface area contributed by atoms with Crippen LogP contribution in [0.15, 0.2) is 106 Å². The van der Waals surface area contributed by atoms with Crippen LogP contribution in [0, 0.1) is 0 Å². The number of allylic oxidation sites excluding steroid dienone is 1. The van der Waals surface area contributed by atoms with Crippen molar-refractivity contribution in [1.29, 1.82) is 0 Å². The van der Waals surface area contributed by atoms with Crippen molar-refractivity contribution in [3.8, 4) is 40.1 Å². The molecule has 0 fully saturated rings. The first-order valence-electron chi connectivity index (χ1n) is 11.6. The van der Waals surface area contributed by atoms with Gasteiger partial charge in [0, 0.05) is 41.3 Å². The Kier molecular flexibility index (Phi) is 6.37. The second kappa shape index (κ2) is 9.94. The third-order valence-corrected chi connectivity index (χ3v) is 5.92. The molecule has 1 aliphatic heterocycles. The highest BCUT2D eigenvalue weighted by molar-refractivity contribution is 5.78. The van der Waals surface area contributed by atoms with Crippen molar-refractivity contribution in [2.45, 2.75) is 6.42 Å². The quantitative estimate of drug-likeness (QED) is 0.187. The van der Waals surface area contributed by atoms with E-state index in [2.05, 4.69) is 0 Å². The molecule has 0 aliphatic carbocycles. The average molecular weight is 510 g/mol. The summed E-state index contributed by atoms with van der Waals surface area (Å²) in [6, 6.07) is 24.9. The van der Waals surface area contributed by atoms with Gasteiger partial charge in [-0.3, -0.25) is 4.79 Å². The first-order valence-corrected chi connectivity index (χ1v) is 11.6. The van der Waals surface area contributed by atoms with E-state index in [4.69, 9.17) is 9.15 Å². The Balaban J connectivity index is 0.000000158. The summed E-state index contributed by atoms with van der Waals surface area (Å²) in [7, 11) is 0. The van der Waals surface area contributed by atoms with Crippen LogP contribution < -0.4 is 10.2 Å². The Morgan fingerprint density at radius 2 is 1.39 bits per heavy atom. The molecule has 5 aromatic rings. The second-order valence-corrected chi connectivity index (χ2v) is 8.54. The molecule has 38 heavy (non-hydrogen) atoms. The molecule has 0 atom stereocenters. The van der Waals surface area contributed by atoms with Gasteiger partial charge in [-0.15, -0.1) is 0 Å². The molecule has 5 N–H and O–H groups in total. The summed E-state index contributed by atoms with van der Waals surface area (Å²) < 4.78 is 11.2. The number of ether oxygens (including phenoxy) is 1. The van der Waals surface area contributed by atoms with E-state index in [1.54, 1.807) is 6.07 Å². The highest BCUT2D eigenvalue weighted by atomic mass is 16.5. The summed E-state index contributed by atoms with van der Waals surface area (Å²) in [6.07, 6.45) is 0.0262. The molecule has 190 valence electrons. The molecule has 0 spiro atoms. The van der Waals surface area contributed by atoms with Gasteiger partial charge in [-0.05, 0) is 30.3 Å². The van der Waals surface area contributed by atoms with Gasteiger partial charge in [0.15, 0.2) is 22.7 Å². The predicted octanol–water partition coefficient (Wildman–Crippen LogP) is 5.83. The van der Waals surface area contributed by atoms with Crippen LogP contribution in [0.25, 0.3) is 28.1 Å². The van der Waals surface area contributed by atoms with Gasteiger partial charge in [0.25, 0.3) is 0 Å². The minimum atomic E-state index is -0.346. The van der Waals surface area contributed by atoms with Crippen molar-refractivity contribution in [2.24, 2.45) is 0 Å². The molecule has 0 radical (unpaired) electrons. The fraction of sp³-hybridized carbons (Fsp3) is 0.0333. The standard InChI is InChI=1S/C15H12O6.C15H10O2/c16-8-4-11(18)9-6-13(20)15(21-14(9)5-8)7-1-2-10(17)12(19)3-7;16-13-10-15(11-6-2-1-3-7-11)17-14-9-5-4-8-12(13)14/h1-5,16-20H,6H2;1-10H. The SMILES string of the molecule is O=c1cc(-c2ccccc2)oc2ccccc12.OC1=C(c2ccc(O)c(O)c2)Oc2cc(O)cc(O)c2C1. The highest BCUT2D eigenvalue weighted by Crippen LogP contribution is 2.41. The van der Waals surface area contributed by atoms with Gasteiger partial charge in [-0.1, -0.05) is 42.5 Å². The molecule has 1 aromatic heterocycles. The minimum Gasteiger partial charge on any atom is -0.508 e. The van der Waals surface area contributed by atoms with E-state index in [0.717, 1.165) is 11.6 Å². The molecular formula is C30H22O8. The Bertz CT molecular complexity index is 1740. The predicted molar refractivity (Wildman–Crippen MR) is 141 cm³/mol. The van der Waals surface area contributed by atoms with Crippen molar-refractivity contribution >= 4 is 16.7 Å². The average Bonchev–Trinajstić information content (AvgIpc) is 2.91. The lowest BCUT2D eigenvalue weighted by Crippen LogP contribution is -2.09. The molecule has 0 amide bonds. The molecule has 6 rings (SSSR count). The lowest BCUT2D eigenvalue weighted by molar-refractivity contribution is 0.349. The highest BCUT2D eigenvalue weighted by Gasteiger charge is 2.24. The van der Waals surface area contributed by atoms with E-state index >= 15 is 0 Å². The number of aliphatic hydroxyl groups excluding tert-OH is 1. The molecule has 0 unspecified atom stereocenters. The lowest BCUT2D eigenvalue weighted by Gasteiger charge is -2.21. The third-order valence-electron chi connectivity index (χ3n) is 5.92. The van der Waals surface area contributed by atoms with E-state index in [1.165, 1.54) is 30.3 Å². The number of fused-ring (bicyclic) bond motifs is 2. The van der Waals surface area contributed by atoms with Crippen molar-refractivity contribution in [1.82, 2.24) is 0 Å². The van der Waals surface area contributed by atoms with E-state index in [0.29, 0.717) is 27.9 Å². The zero-order chi connectivity index (χ0) is 26.8. The van der Waals surface area contributed by atoms with Crippen molar-refractivity contribution < 1.29 is 34.7 Å². The van der Waals surface area contributed by atoms with E-state index < -0.39 is 0 Å². The number of para-hydroxylation sites is 1. The Morgan fingerprint density at radius 3 is 2.16 bits per heavy atom. The van der Waals surface area contributed by atoms with Gasteiger partial charge in [0.1, 0.15) is 34.4 Å². The van der Waals surface area contributed by atoms with Crippen LogP contribution in [-0.2, 0) is 6.42 Å². The maximum atomic E-state index is 11.9. The maximum Gasteiger partial charge on any atom is 0.193 e. The first-order chi connectivity index (χ1) is 18.3. The molecule has 8 nitrogen and oxygen atoms in total. The monoisotopic (exact) mass is 510 g/mol. The summed E-state index contributed by atoms with van der Waals surface area (Å²) in [5.41, 5.74) is 2.24. The molecular weight excluding hydrogens is 488 g/mol. The summed E-state index contributed by atoms with van der Waals surface area (Å²) in [6.45, 7) is 0. The second-order valence-electron chi connectivity index (χ2n) is 8.54. The maximum absolute atomic E-state index is 11.9. The number of aliphatic hydroxyl groups is 1. The smallest absolute Gasteiger partial charge is 0.193 e. The molecule has 2 heterocycles. The normalized spacial score (nSPS) is 12.3. The molecule has 4 aromatic carbocycles. The molecule has 0 saturated heterocycles. The molecule has 8 heteroatoms. The number of aromatic hydroxyl groups is 4. The number of phenols is 4. The Hall–Kier alpha value is -5.37. The summed E-state index contributed by atoms with van der Waals surface area (Å²) in [5, 5.41) is 48.7. The topological polar surface area (TPSA) is 141 Å². The van der Waals surface area contributed by atoms with Crippen LogP contribution in [0.3, 0.4) is 0 Å². The fourth-order valence-electron chi connectivity index (χ4n) is 4.04. The van der Waals surface area contributed by atoms with Gasteiger partial charge in [0.05, 0.1) is 5.39 Å².